The lowest BCUT2D eigenvalue weighted by atomic mass is 10.0. The molecule has 38 heavy (non-hydrogen) atoms. The second-order valence-electron chi connectivity index (χ2n) is 8.95. The van der Waals surface area contributed by atoms with Crippen LogP contribution in [0.4, 0.5) is 11.4 Å². The van der Waals surface area contributed by atoms with Gasteiger partial charge in [-0.1, -0.05) is 36.7 Å². The van der Waals surface area contributed by atoms with Crippen LogP contribution in [0.2, 0.25) is 5.02 Å². The van der Waals surface area contributed by atoms with E-state index in [-0.39, 0.29) is 18.0 Å². The molecule has 7 nitrogen and oxygen atoms in total. The van der Waals surface area contributed by atoms with Gasteiger partial charge in [0.15, 0.2) is 5.11 Å². The molecule has 2 aromatic heterocycles. The minimum atomic E-state index is -0.340. The topological polar surface area (TPSA) is 79.6 Å². The van der Waals surface area contributed by atoms with Crippen molar-refractivity contribution in [2.75, 3.05) is 17.3 Å². The molecule has 1 aliphatic heterocycles. The first kappa shape index (κ1) is 25.8. The van der Waals surface area contributed by atoms with E-state index in [0.717, 1.165) is 22.5 Å². The second-order valence-corrected chi connectivity index (χ2v) is 9.74. The first-order chi connectivity index (χ1) is 18.4. The van der Waals surface area contributed by atoms with Crippen LogP contribution in [0.3, 0.4) is 0 Å². The SMILES string of the molecule is CCC(=O)Nc1ccc(N2C(=S)N[C@@H](c3ccccn3)[C@H]2c2ccc(-c3ccc(C)c(Cl)c3)o2)cc1OC. The Morgan fingerprint density at radius 3 is 2.74 bits per heavy atom. The van der Waals surface area contributed by atoms with Crippen molar-refractivity contribution in [3.8, 4) is 17.1 Å². The van der Waals surface area contributed by atoms with Crippen molar-refractivity contribution in [2.45, 2.75) is 32.4 Å². The molecule has 9 heteroatoms. The molecule has 1 aliphatic rings. The van der Waals surface area contributed by atoms with Gasteiger partial charge in [0.1, 0.15) is 23.3 Å². The highest BCUT2D eigenvalue weighted by Crippen LogP contribution is 2.44. The van der Waals surface area contributed by atoms with E-state index in [2.05, 4.69) is 15.6 Å². The van der Waals surface area contributed by atoms with Crippen molar-refractivity contribution in [1.29, 1.82) is 0 Å². The number of methoxy groups -OCH3 is 1. The van der Waals surface area contributed by atoms with Crippen LogP contribution in [0.1, 0.15) is 42.4 Å². The molecule has 5 rings (SSSR count). The molecule has 194 valence electrons. The Bertz CT molecular complexity index is 1490. The molecule has 0 aliphatic carbocycles. The molecule has 1 saturated heterocycles. The third-order valence-electron chi connectivity index (χ3n) is 6.53. The molecule has 2 aromatic carbocycles. The lowest BCUT2D eigenvalue weighted by molar-refractivity contribution is -0.115. The number of ether oxygens (including phenoxy) is 1. The molecule has 1 fully saturated rings. The Kier molecular flexibility index (Phi) is 7.35. The number of nitrogens with one attached hydrogen (secondary N) is 2. The van der Waals surface area contributed by atoms with Gasteiger partial charge in [-0.25, -0.2) is 0 Å². The number of rotatable bonds is 7. The molecule has 0 spiro atoms. The maximum Gasteiger partial charge on any atom is 0.224 e. The lowest BCUT2D eigenvalue weighted by Gasteiger charge is -2.27. The number of halogens is 1. The largest absolute Gasteiger partial charge is 0.494 e. The summed E-state index contributed by atoms with van der Waals surface area (Å²) in [4.78, 5) is 18.6. The fourth-order valence-corrected chi connectivity index (χ4v) is 5.03. The number of benzene rings is 2. The average Bonchev–Trinajstić information content (AvgIpc) is 3.55. The van der Waals surface area contributed by atoms with Gasteiger partial charge in [0.25, 0.3) is 0 Å². The van der Waals surface area contributed by atoms with Crippen molar-refractivity contribution < 1.29 is 13.9 Å². The minimum Gasteiger partial charge on any atom is -0.494 e. The number of aryl methyl sites for hydroxylation is 1. The highest BCUT2D eigenvalue weighted by Gasteiger charge is 2.42. The van der Waals surface area contributed by atoms with E-state index in [0.29, 0.717) is 39.5 Å². The summed E-state index contributed by atoms with van der Waals surface area (Å²) in [6, 6.07) is 20.5. The number of aromatic nitrogens is 1. The first-order valence-corrected chi connectivity index (χ1v) is 13.0. The summed E-state index contributed by atoms with van der Waals surface area (Å²) in [5.41, 5.74) is 4.10. The zero-order chi connectivity index (χ0) is 26.8. The number of furan rings is 1. The lowest BCUT2D eigenvalue weighted by Crippen LogP contribution is -2.29. The molecule has 0 saturated carbocycles. The predicted molar refractivity (Wildman–Crippen MR) is 154 cm³/mol. The van der Waals surface area contributed by atoms with Crippen LogP contribution in [0, 0.1) is 6.92 Å². The maximum absolute atomic E-state index is 12.0. The van der Waals surface area contributed by atoms with Gasteiger partial charge in [-0.2, -0.15) is 0 Å². The third-order valence-corrected chi connectivity index (χ3v) is 7.25. The van der Waals surface area contributed by atoms with Crippen LogP contribution < -0.4 is 20.3 Å². The third kappa shape index (κ3) is 4.97. The molecule has 3 heterocycles. The Labute approximate surface area is 231 Å². The summed E-state index contributed by atoms with van der Waals surface area (Å²) >= 11 is 12.2. The standard InChI is InChI=1S/C29H27ClN4O3S/c1-4-26(35)32-21-11-10-19(16-25(21)36-3)34-28(27(33-29(34)38)22-7-5-6-14-31-22)24-13-12-23(37-24)18-9-8-17(2)20(30)15-18/h5-16,27-28H,4H2,1-3H3,(H,32,35)(H,33,38)/t27-,28+/m0/s1. The van der Waals surface area contributed by atoms with Crippen molar-refractivity contribution in [3.63, 3.8) is 0 Å². The van der Waals surface area contributed by atoms with Gasteiger partial charge in [0.2, 0.25) is 5.91 Å². The van der Waals surface area contributed by atoms with E-state index in [1.807, 2.05) is 78.6 Å². The van der Waals surface area contributed by atoms with Gasteiger partial charge in [-0.05, 0) is 67.2 Å². The van der Waals surface area contributed by atoms with Crippen LogP contribution in [-0.2, 0) is 4.79 Å². The zero-order valence-electron chi connectivity index (χ0n) is 21.2. The Balaban J connectivity index is 1.58. The smallest absolute Gasteiger partial charge is 0.224 e. The summed E-state index contributed by atoms with van der Waals surface area (Å²) in [7, 11) is 1.57. The van der Waals surface area contributed by atoms with Gasteiger partial charge in [0, 0.05) is 35.0 Å². The molecule has 2 N–H and O–H groups in total. The zero-order valence-corrected chi connectivity index (χ0v) is 22.8. The molecule has 1 amide bonds. The monoisotopic (exact) mass is 546 g/mol. The molecule has 0 radical (unpaired) electrons. The highest BCUT2D eigenvalue weighted by molar-refractivity contribution is 7.80. The van der Waals surface area contributed by atoms with Gasteiger partial charge in [0.05, 0.1) is 24.5 Å². The van der Waals surface area contributed by atoms with E-state index < -0.39 is 0 Å². The quantitative estimate of drug-likeness (QED) is 0.246. The van der Waals surface area contributed by atoms with Gasteiger partial charge in [-0.15, -0.1) is 0 Å². The van der Waals surface area contributed by atoms with Crippen LogP contribution in [0.5, 0.6) is 5.75 Å². The Morgan fingerprint density at radius 1 is 1.18 bits per heavy atom. The number of carbonyl (C=O) groups excluding carboxylic acids is 1. The second kappa shape index (κ2) is 10.8. The van der Waals surface area contributed by atoms with E-state index in [1.54, 1.807) is 20.2 Å². The summed E-state index contributed by atoms with van der Waals surface area (Å²) in [6.45, 7) is 3.77. The van der Waals surface area contributed by atoms with Crippen molar-refractivity contribution in [2.24, 2.45) is 0 Å². The van der Waals surface area contributed by atoms with Gasteiger partial charge >= 0.3 is 0 Å². The fraction of sp³-hybridized carbons (Fsp3) is 0.207. The fourth-order valence-electron chi connectivity index (χ4n) is 4.51. The summed E-state index contributed by atoms with van der Waals surface area (Å²) in [5.74, 6) is 1.85. The number of carbonyl (C=O) groups is 1. The van der Waals surface area contributed by atoms with Gasteiger partial charge < -0.3 is 24.7 Å². The number of thiocarbonyl (C=S) groups is 1. The summed E-state index contributed by atoms with van der Waals surface area (Å²) < 4.78 is 12.0. The Morgan fingerprint density at radius 2 is 2.03 bits per heavy atom. The number of pyridine rings is 1. The maximum atomic E-state index is 12.0. The molecule has 0 bridgehead atoms. The normalized spacial score (nSPS) is 16.8. The molecular weight excluding hydrogens is 520 g/mol. The number of nitrogens with zero attached hydrogens (tertiary/aromatic N) is 2. The van der Waals surface area contributed by atoms with E-state index in [4.69, 9.17) is 33.0 Å². The number of hydrogen-bond donors (Lipinski definition) is 2. The van der Waals surface area contributed by atoms with Crippen LogP contribution in [0.25, 0.3) is 11.3 Å². The van der Waals surface area contributed by atoms with Crippen molar-refractivity contribution in [1.82, 2.24) is 10.3 Å². The summed E-state index contributed by atoms with van der Waals surface area (Å²) in [5, 5.41) is 7.51. The molecule has 2 atom stereocenters. The van der Waals surface area contributed by atoms with E-state index >= 15 is 0 Å². The van der Waals surface area contributed by atoms with Crippen molar-refractivity contribution in [3.05, 3.63) is 95.0 Å². The molecule has 0 unspecified atom stereocenters. The molecular formula is C29H27ClN4O3S. The number of amides is 1. The highest BCUT2D eigenvalue weighted by atomic mass is 35.5. The van der Waals surface area contributed by atoms with Gasteiger partial charge in [-0.3, -0.25) is 9.78 Å². The van der Waals surface area contributed by atoms with Crippen LogP contribution in [-0.4, -0.2) is 23.1 Å². The Hall–Kier alpha value is -3.88. The van der Waals surface area contributed by atoms with E-state index in [9.17, 15) is 4.79 Å². The predicted octanol–water partition coefficient (Wildman–Crippen LogP) is 6.84. The van der Waals surface area contributed by atoms with E-state index in [1.165, 1.54) is 0 Å². The minimum absolute atomic E-state index is 0.0955. The first-order valence-electron chi connectivity index (χ1n) is 12.2. The summed E-state index contributed by atoms with van der Waals surface area (Å²) in [6.07, 6.45) is 2.13. The van der Waals surface area contributed by atoms with Crippen LogP contribution in [0.15, 0.2) is 77.3 Å². The number of anilines is 2. The average molecular weight is 547 g/mol. The molecule has 4 aromatic rings. The van der Waals surface area contributed by atoms with Crippen LogP contribution >= 0.6 is 23.8 Å². The van der Waals surface area contributed by atoms with Crippen molar-refractivity contribution >= 4 is 46.2 Å². The number of hydrogen-bond acceptors (Lipinski definition) is 5.